The van der Waals surface area contributed by atoms with E-state index in [1.807, 2.05) is 24.3 Å². The van der Waals surface area contributed by atoms with Gasteiger partial charge >= 0.3 is 0 Å². The van der Waals surface area contributed by atoms with Crippen LogP contribution in [0.3, 0.4) is 0 Å². The number of nitrogens with one attached hydrogen (secondary N) is 2. The number of H-pyrrole nitrogens is 1. The molecule has 2 heterocycles. The van der Waals surface area contributed by atoms with Crippen LogP contribution < -0.4 is 5.32 Å². The molecule has 140 valence electrons. The van der Waals surface area contributed by atoms with Gasteiger partial charge in [0.25, 0.3) is 5.91 Å². The molecular weight excluding hydrogens is 384 g/mol. The molecule has 0 aliphatic heterocycles. The lowest BCUT2D eigenvalue weighted by Crippen LogP contribution is -2.26. The number of amides is 2. The molecule has 6 nitrogen and oxygen atoms in total. The maximum absolute atomic E-state index is 12.4. The van der Waals surface area contributed by atoms with Gasteiger partial charge in [0, 0.05) is 37.1 Å². The molecule has 2 amide bonds. The highest BCUT2D eigenvalue weighted by molar-refractivity contribution is 7.08. The molecular formula is C19H19ClN4O2S. The first-order valence-electron chi connectivity index (χ1n) is 8.32. The van der Waals surface area contributed by atoms with Crippen molar-refractivity contribution in [2.45, 2.75) is 19.5 Å². The summed E-state index contributed by atoms with van der Waals surface area (Å²) >= 11 is 7.44. The number of hydrogen-bond donors (Lipinski definition) is 2. The summed E-state index contributed by atoms with van der Waals surface area (Å²) in [5.41, 5.74) is 3.38. The average Bonchev–Trinajstić information content (AvgIpc) is 3.32. The Balaban J connectivity index is 1.50. The van der Waals surface area contributed by atoms with Gasteiger partial charge in [-0.2, -0.15) is 5.10 Å². The van der Waals surface area contributed by atoms with E-state index >= 15 is 0 Å². The summed E-state index contributed by atoms with van der Waals surface area (Å²) in [7, 11) is 1.75. The SMILES string of the molecule is CN(Cc1ccc(CNC(=O)Cc2cn[nH]c2)cc1)C(=O)c1cscc1Cl. The van der Waals surface area contributed by atoms with Crippen LogP contribution in [0.1, 0.15) is 27.0 Å². The number of halogens is 1. The molecule has 0 unspecified atom stereocenters. The number of aromatic amines is 1. The molecule has 0 atom stereocenters. The molecule has 2 N–H and O–H groups in total. The van der Waals surface area contributed by atoms with Gasteiger partial charge in [0.15, 0.2) is 0 Å². The molecule has 0 aliphatic rings. The number of aromatic nitrogens is 2. The highest BCUT2D eigenvalue weighted by atomic mass is 35.5. The summed E-state index contributed by atoms with van der Waals surface area (Å²) in [5, 5.41) is 13.4. The van der Waals surface area contributed by atoms with E-state index in [9.17, 15) is 9.59 Å². The zero-order valence-corrected chi connectivity index (χ0v) is 16.3. The average molecular weight is 403 g/mol. The lowest BCUT2D eigenvalue weighted by molar-refractivity contribution is -0.120. The molecule has 0 radical (unpaired) electrons. The van der Waals surface area contributed by atoms with E-state index in [4.69, 9.17) is 11.6 Å². The quantitative estimate of drug-likeness (QED) is 0.636. The minimum absolute atomic E-state index is 0.0570. The van der Waals surface area contributed by atoms with Gasteiger partial charge in [0.1, 0.15) is 0 Å². The minimum Gasteiger partial charge on any atom is -0.352 e. The van der Waals surface area contributed by atoms with Gasteiger partial charge < -0.3 is 10.2 Å². The van der Waals surface area contributed by atoms with Crippen molar-refractivity contribution in [2.24, 2.45) is 0 Å². The summed E-state index contributed by atoms with van der Waals surface area (Å²) in [6.45, 7) is 0.939. The van der Waals surface area contributed by atoms with Crippen molar-refractivity contribution in [1.82, 2.24) is 20.4 Å². The molecule has 3 rings (SSSR count). The van der Waals surface area contributed by atoms with Crippen LogP contribution in [0.25, 0.3) is 0 Å². The zero-order chi connectivity index (χ0) is 19.2. The number of benzene rings is 1. The summed E-state index contributed by atoms with van der Waals surface area (Å²) in [6, 6.07) is 7.81. The number of rotatable bonds is 7. The number of carbonyl (C=O) groups is 2. The first-order valence-corrected chi connectivity index (χ1v) is 9.64. The smallest absolute Gasteiger partial charge is 0.256 e. The Morgan fingerprint density at radius 1 is 1.19 bits per heavy atom. The lowest BCUT2D eigenvalue weighted by Gasteiger charge is -2.17. The van der Waals surface area contributed by atoms with E-state index in [1.165, 1.54) is 11.3 Å². The Hall–Kier alpha value is -2.64. The maximum atomic E-state index is 12.4. The molecule has 8 heteroatoms. The van der Waals surface area contributed by atoms with E-state index in [0.29, 0.717) is 30.1 Å². The molecule has 0 aliphatic carbocycles. The number of thiophene rings is 1. The standard InChI is InChI=1S/C19H19ClN4O2S/c1-24(19(26)16-11-27-12-17(16)20)10-14-4-2-13(3-5-14)7-21-18(25)6-15-8-22-23-9-15/h2-5,8-9,11-12H,6-7,10H2,1H3,(H,21,25)(H,22,23). The van der Waals surface area contributed by atoms with Gasteiger partial charge in [-0.05, 0) is 16.7 Å². The fourth-order valence-corrected chi connectivity index (χ4v) is 3.60. The van der Waals surface area contributed by atoms with Gasteiger partial charge in [0.05, 0.1) is 23.2 Å². The summed E-state index contributed by atoms with van der Waals surface area (Å²) in [5.74, 6) is -0.157. The van der Waals surface area contributed by atoms with Crippen LogP contribution in [0.2, 0.25) is 5.02 Å². The summed E-state index contributed by atoms with van der Waals surface area (Å²) < 4.78 is 0. The van der Waals surface area contributed by atoms with Crippen LogP contribution in [-0.4, -0.2) is 34.0 Å². The fraction of sp³-hybridized carbons (Fsp3) is 0.211. The first-order chi connectivity index (χ1) is 13.0. The maximum Gasteiger partial charge on any atom is 0.256 e. The molecule has 1 aromatic carbocycles. The normalized spacial score (nSPS) is 10.6. The molecule has 0 saturated heterocycles. The first kappa shape index (κ1) is 19.1. The van der Waals surface area contributed by atoms with Crippen LogP contribution in [0.15, 0.2) is 47.4 Å². The van der Waals surface area contributed by atoms with Gasteiger partial charge in [-0.1, -0.05) is 35.9 Å². The van der Waals surface area contributed by atoms with Crippen LogP contribution in [0.5, 0.6) is 0 Å². The third kappa shape index (κ3) is 5.18. The zero-order valence-electron chi connectivity index (χ0n) is 14.7. The van der Waals surface area contributed by atoms with E-state index < -0.39 is 0 Å². The number of hydrogen-bond acceptors (Lipinski definition) is 4. The van der Waals surface area contributed by atoms with E-state index in [1.54, 1.807) is 35.1 Å². The fourth-order valence-electron chi connectivity index (χ4n) is 2.57. The van der Waals surface area contributed by atoms with Crippen molar-refractivity contribution in [3.05, 3.63) is 74.7 Å². The molecule has 0 fully saturated rings. The van der Waals surface area contributed by atoms with Gasteiger partial charge in [-0.3, -0.25) is 14.7 Å². The van der Waals surface area contributed by atoms with Crippen molar-refractivity contribution in [2.75, 3.05) is 7.05 Å². The Labute approximate surface area is 166 Å². The van der Waals surface area contributed by atoms with Gasteiger partial charge in [0.2, 0.25) is 5.91 Å². The molecule has 27 heavy (non-hydrogen) atoms. The third-order valence-electron chi connectivity index (χ3n) is 4.04. The second-order valence-corrected chi connectivity index (χ2v) is 7.32. The topological polar surface area (TPSA) is 78.1 Å². The molecule has 2 aromatic heterocycles. The van der Waals surface area contributed by atoms with Crippen molar-refractivity contribution < 1.29 is 9.59 Å². The number of carbonyl (C=O) groups excluding carboxylic acids is 2. The number of nitrogens with zero attached hydrogens (tertiary/aromatic N) is 2. The van der Waals surface area contributed by atoms with Crippen molar-refractivity contribution >= 4 is 34.8 Å². The molecule has 0 saturated carbocycles. The molecule has 0 bridgehead atoms. The largest absolute Gasteiger partial charge is 0.352 e. The van der Waals surface area contributed by atoms with Crippen LogP contribution in [-0.2, 0) is 24.3 Å². The highest BCUT2D eigenvalue weighted by Gasteiger charge is 2.16. The Morgan fingerprint density at radius 2 is 1.93 bits per heavy atom. The van der Waals surface area contributed by atoms with Crippen molar-refractivity contribution in [3.63, 3.8) is 0 Å². The van der Waals surface area contributed by atoms with Crippen LogP contribution in [0.4, 0.5) is 0 Å². The van der Waals surface area contributed by atoms with Crippen LogP contribution in [0, 0.1) is 0 Å². The van der Waals surface area contributed by atoms with Crippen molar-refractivity contribution in [1.29, 1.82) is 0 Å². The predicted octanol–water partition coefficient (Wildman–Crippen LogP) is 3.26. The van der Waals surface area contributed by atoms with Gasteiger partial charge in [-0.15, -0.1) is 11.3 Å². The molecule has 0 spiro atoms. The van der Waals surface area contributed by atoms with E-state index in [2.05, 4.69) is 15.5 Å². The third-order valence-corrected chi connectivity index (χ3v) is 5.23. The van der Waals surface area contributed by atoms with Crippen molar-refractivity contribution in [3.8, 4) is 0 Å². The van der Waals surface area contributed by atoms with E-state index in [-0.39, 0.29) is 11.8 Å². The minimum atomic E-state index is -0.100. The Morgan fingerprint density at radius 3 is 2.56 bits per heavy atom. The lowest BCUT2D eigenvalue weighted by atomic mass is 10.1. The highest BCUT2D eigenvalue weighted by Crippen LogP contribution is 2.22. The second kappa shape index (κ2) is 8.83. The predicted molar refractivity (Wildman–Crippen MR) is 106 cm³/mol. The Bertz CT molecular complexity index is 906. The summed E-state index contributed by atoms with van der Waals surface area (Å²) in [4.78, 5) is 25.9. The van der Waals surface area contributed by atoms with Gasteiger partial charge in [-0.25, -0.2) is 0 Å². The summed E-state index contributed by atoms with van der Waals surface area (Å²) in [6.07, 6.45) is 3.64. The monoisotopic (exact) mass is 402 g/mol. The van der Waals surface area contributed by atoms with E-state index in [0.717, 1.165) is 16.7 Å². The second-order valence-electron chi connectivity index (χ2n) is 6.17. The molecule has 3 aromatic rings. The van der Waals surface area contributed by atoms with Crippen LogP contribution >= 0.6 is 22.9 Å². The Kier molecular flexibility index (Phi) is 6.26.